The van der Waals surface area contributed by atoms with Gasteiger partial charge >= 0.3 is 0 Å². The topological polar surface area (TPSA) is 136 Å². The average Bonchev–Trinajstić information content (AvgIpc) is 3.81. The lowest BCUT2D eigenvalue weighted by Gasteiger charge is -2.27. The van der Waals surface area contributed by atoms with Crippen LogP contribution in [-0.4, -0.2) is 80.8 Å². The van der Waals surface area contributed by atoms with Crippen molar-refractivity contribution < 1.29 is 19.1 Å². The number of benzene rings is 2. The molecule has 3 aliphatic rings. The Balaban J connectivity index is 1.14. The summed E-state index contributed by atoms with van der Waals surface area (Å²) in [6, 6.07) is 10.4. The van der Waals surface area contributed by atoms with Gasteiger partial charge in [-0.15, -0.1) is 5.10 Å². The number of nitrogens with one attached hydrogen (secondary N) is 1. The van der Waals surface area contributed by atoms with Gasteiger partial charge in [0.1, 0.15) is 17.3 Å². The Morgan fingerprint density at radius 3 is 2.83 bits per heavy atom. The number of likely N-dealkylation sites (tertiary alicyclic amines) is 2. The molecule has 11 nitrogen and oxygen atoms in total. The van der Waals surface area contributed by atoms with Crippen LogP contribution in [0.1, 0.15) is 48.8 Å². The summed E-state index contributed by atoms with van der Waals surface area (Å²) in [6.07, 6.45) is 4.72. The Morgan fingerprint density at radius 2 is 2.00 bits per heavy atom. The SMILES string of the molecule is Cn1nnc2cc(CNC(=O)[C@@H]3C[C@@H](Cc4cccc5c4CCO5)CN3C(=O)[C@H](N)CCC(=O)N3CCCC3)ccc21. The molecule has 2 fully saturated rings. The van der Waals surface area contributed by atoms with Crippen LogP contribution in [0.5, 0.6) is 5.75 Å². The van der Waals surface area contributed by atoms with E-state index in [1.54, 1.807) is 9.58 Å². The lowest BCUT2D eigenvalue weighted by atomic mass is 9.92. The largest absolute Gasteiger partial charge is 0.493 e. The Hall–Kier alpha value is -3.99. The molecule has 0 saturated carbocycles. The molecule has 3 amide bonds. The number of hydrogen-bond donors (Lipinski definition) is 2. The third-order valence-corrected chi connectivity index (χ3v) is 8.91. The van der Waals surface area contributed by atoms with Crippen LogP contribution < -0.4 is 15.8 Å². The molecule has 222 valence electrons. The summed E-state index contributed by atoms with van der Waals surface area (Å²) in [5, 5.41) is 11.3. The van der Waals surface area contributed by atoms with Crippen molar-refractivity contribution in [2.75, 3.05) is 26.2 Å². The van der Waals surface area contributed by atoms with Gasteiger partial charge in [-0.25, -0.2) is 4.68 Å². The van der Waals surface area contributed by atoms with Crippen molar-refractivity contribution >= 4 is 28.8 Å². The zero-order valence-electron chi connectivity index (χ0n) is 24.1. The number of nitrogens with two attached hydrogens (primary N) is 1. The van der Waals surface area contributed by atoms with Gasteiger partial charge in [0.15, 0.2) is 0 Å². The van der Waals surface area contributed by atoms with Crippen molar-refractivity contribution in [3.05, 3.63) is 53.1 Å². The minimum absolute atomic E-state index is 0.0459. The monoisotopic (exact) mass is 573 g/mol. The van der Waals surface area contributed by atoms with Crippen LogP contribution >= 0.6 is 0 Å². The number of aromatic nitrogens is 3. The number of ether oxygens (including phenoxy) is 1. The summed E-state index contributed by atoms with van der Waals surface area (Å²) >= 11 is 0. The fraction of sp³-hybridized carbons (Fsp3) is 0.516. The van der Waals surface area contributed by atoms with Crippen molar-refractivity contribution in [1.29, 1.82) is 0 Å². The minimum atomic E-state index is -0.834. The smallest absolute Gasteiger partial charge is 0.243 e. The minimum Gasteiger partial charge on any atom is -0.493 e. The average molecular weight is 574 g/mol. The van der Waals surface area contributed by atoms with Crippen LogP contribution in [0.25, 0.3) is 11.0 Å². The zero-order valence-corrected chi connectivity index (χ0v) is 24.1. The molecule has 2 saturated heterocycles. The maximum Gasteiger partial charge on any atom is 0.243 e. The van der Waals surface area contributed by atoms with E-state index in [1.165, 1.54) is 11.1 Å². The maximum atomic E-state index is 13.7. The van der Waals surface area contributed by atoms with Gasteiger partial charge in [0.25, 0.3) is 0 Å². The second-order valence-corrected chi connectivity index (χ2v) is 11.8. The molecule has 2 aromatic carbocycles. The number of carbonyl (C=O) groups excluding carboxylic acids is 3. The van der Waals surface area contributed by atoms with E-state index in [-0.39, 0.29) is 36.5 Å². The van der Waals surface area contributed by atoms with Gasteiger partial charge in [0.2, 0.25) is 17.7 Å². The summed E-state index contributed by atoms with van der Waals surface area (Å²) in [7, 11) is 1.84. The third-order valence-electron chi connectivity index (χ3n) is 8.91. The zero-order chi connectivity index (χ0) is 29.2. The first-order valence-electron chi connectivity index (χ1n) is 15.0. The maximum absolute atomic E-state index is 13.7. The van der Waals surface area contributed by atoms with Gasteiger partial charge in [0, 0.05) is 51.6 Å². The van der Waals surface area contributed by atoms with E-state index in [1.807, 2.05) is 42.3 Å². The Kier molecular flexibility index (Phi) is 8.10. The number of aryl methyl sites for hydroxylation is 1. The van der Waals surface area contributed by atoms with Gasteiger partial charge in [-0.2, -0.15) is 0 Å². The molecule has 0 spiro atoms. The summed E-state index contributed by atoms with van der Waals surface area (Å²) < 4.78 is 7.46. The van der Waals surface area contributed by atoms with Crippen molar-refractivity contribution in [2.45, 2.75) is 63.6 Å². The third kappa shape index (κ3) is 5.83. The van der Waals surface area contributed by atoms with Gasteiger partial charge < -0.3 is 25.6 Å². The molecule has 3 aromatic rings. The predicted octanol–water partition coefficient (Wildman–Crippen LogP) is 1.71. The van der Waals surface area contributed by atoms with E-state index in [0.29, 0.717) is 26.1 Å². The lowest BCUT2D eigenvalue weighted by Crippen LogP contribution is -2.51. The summed E-state index contributed by atoms with van der Waals surface area (Å²) in [5.74, 6) is 0.606. The fourth-order valence-corrected chi connectivity index (χ4v) is 6.60. The molecular weight excluding hydrogens is 534 g/mol. The van der Waals surface area contributed by atoms with Crippen molar-refractivity contribution in [1.82, 2.24) is 30.1 Å². The van der Waals surface area contributed by atoms with E-state index in [4.69, 9.17) is 10.5 Å². The van der Waals surface area contributed by atoms with Crippen LogP contribution in [0.3, 0.4) is 0 Å². The van der Waals surface area contributed by atoms with E-state index in [2.05, 4.69) is 21.7 Å². The number of nitrogens with zero attached hydrogens (tertiary/aromatic N) is 5. The van der Waals surface area contributed by atoms with Gasteiger partial charge in [-0.1, -0.05) is 23.4 Å². The molecule has 4 heterocycles. The van der Waals surface area contributed by atoms with Crippen molar-refractivity contribution in [2.24, 2.45) is 18.7 Å². The second kappa shape index (κ2) is 12.1. The molecular formula is C31H39N7O4. The highest BCUT2D eigenvalue weighted by molar-refractivity contribution is 5.91. The Bertz CT molecular complexity index is 1480. The summed E-state index contributed by atoms with van der Waals surface area (Å²) in [4.78, 5) is 43.3. The number of carbonyl (C=O) groups is 3. The first kappa shape index (κ1) is 28.1. The molecule has 1 aromatic heterocycles. The fourth-order valence-electron chi connectivity index (χ4n) is 6.60. The first-order valence-corrected chi connectivity index (χ1v) is 15.0. The molecule has 11 heteroatoms. The number of amides is 3. The van der Waals surface area contributed by atoms with Crippen LogP contribution in [0.15, 0.2) is 36.4 Å². The van der Waals surface area contributed by atoms with Crippen LogP contribution in [-0.2, 0) is 40.8 Å². The van der Waals surface area contributed by atoms with E-state index in [0.717, 1.165) is 61.1 Å². The van der Waals surface area contributed by atoms with Gasteiger partial charge in [0.05, 0.1) is 18.2 Å². The summed E-state index contributed by atoms with van der Waals surface area (Å²) in [5.41, 5.74) is 11.4. The number of hydrogen-bond acceptors (Lipinski definition) is 7. The molecule has 42 heavy (non-hydrogen) atoms. The standard InChI is InChI=1S/C31H39N7O4/c1-36-26-9-7-20(16-25(26)34-35-36)18-33-30(40)27-17-21(15-22-5-4-6-28-23(22)11-14-42-28)19-38(27)31(41)24(32)8-10-29(39)37-12-2-3-13-37/h4-7,9,16,21,24,27H,2-3,8,10-15,17-19,32H2,1H3,(H,33,40)/t21-,24-,27+/m1/s1. The molecule has 6 rings (SSSR count). The van der Waals surface area contributed by atoms with Crippen LogP contribution in [0, 0.1) is 5.92 Å². The highest BCUT2D eigenvalue weighted by Gasteiger charge is 2.41. The molecule has 3 atom stereocenters. The lowest BCUT2D eigenvalue weighted by molar-refractivity contribution is -0.140. The molecule has 0 bridgehead atoms. The normalized spacial score (nSPS) is 20.5. The van der Waals surface area contributed by atoms with E-state index >= 15 is 0 Å². The highest BCUT2D eigenvalue weighted by Crippen LogP contribution is 2.33. The second-order valence-electron chi connectivity index (χ2n) is 11.8. The molecule has 3 aliphatic heterocycles. The van der Waals surface area contributed by atoms with Gasteiger partial charge in [-0.3, -0.25) is 14.4 Å². The van der Waals surface area contributed by atoms with E-state index < -0.39 is 12.1 Å². The molecule has 3 N–H and O–H groups in total. The Labute approximate surface area is 245 Å². The molecule has 0 aliphatic carbocycles. The highest BCUT2D eigenvalue weighted by atomic mass is 16.5. The van der Waals surface area contributed by atoms with Crippen molar-refractivity contribution in [3.63, 3.8) is 0 Å². The van der Waals surface area contributed by atoms with Gasteiger partial charge in [-0.05, 0) is 67.3 Å². The van der Waals surface area contributed by atoms with E-state index in [9.17, 15) is 14.4 Å². The van der Waals surface area contributed by atoms with Crippen LogP contribution in [0.4, 0.5) is 0 Å². The quantitative estimate of drug-likeness (QED) is 0.398. The molecule has 0 unspecified atom stereocenters. The molecule has 0 radical (unpaired) electrons. The predicted molar refractivity (Wildman–Crippen MR) is 156 cm³/mol. The van der Waals surface area contributed by atoms with Crippen molar-refractivity contribution in [3.8, 4) is 5.75 Å². The number of fused-ring (bicyclic) bond motifs is 2. The Morgan fingerprint density at radius 1 is 1.17 bits per heavy atom. The number of rotatable bonds is 9. The van der Waals surface area contributed by atoms with Crippen LogP contribution in [0.2, 0.25) is 0 Å². The summed E-state index contributed by atoms with van der Waals surface area (Å²) in [6.45, 7) is 2.99. The first-order chi connectivity index (χ1) is 20.4.